The van der Waals surface area contributed by atoms with Gasteiger partial charge >= 0.3 is 11.7 Å². The molecule has 1 atom stereocenters. The normalized spacial score (nSPS) is 16.4. The van der Waals surface area contributed by atoms with Crippen molar-refractivity contribution in [2.75, 3.05) is 0 Å². The number of nitrogens with zero attached hydrogens (tertiary/aromatic N) is 1. The molecule has 0 radical (unpaired) electrons. The lowest BCUT2D eigenvalue weighted by atomic mass is 10.0. The Bertz CT molecular complexity index is 865. The van der Waals surface area contributed by atoms with E-state index in [1.807, 2.05) is 6.92 Å². The highest BCUT2D eigenvalue weighted by atomic mass is 16.5. The van der Waals surface area contributed by atoms with E-state index in [1.54, 1.807) is 24.3 Å². The number of esters is 1. The fourth-order valence-corrected chi connectivity index (χ4v) is 2.60. The van der Waals surface area contributed by atoms with E-state index in [-0.39, 0.29) is 12.1 Å². The monoisotopic (exact) mass is 302 g/mol. The first-order valence-corrected chi connectivity index (χ1v) is 6.90. The van der Waals surface area contributed by atoms with Crippen molar-refractivity contribution in [3.8, 4) is 5.88 Å². The Labute approximate surface area is 124 Å². The van der Waals surface area contributed by atoms with Gasteiger partial charge in [-0.05, 0) is 12.5 Å². The molecule has 1 aromatic heterocycles. The molecule has 0 bridgehead atoms. The average Bonchev–Trinajstić information content (AvgIpc) is 2.81. The molecule has 1 aliphatic rings. The second-order valence-corrected chi connectivity index (χ2v) is 5.02. The Hall–Kier alpha value is -2.83. The molecule has 0 fully saturated rings. The molecule has 1 aliphatic heterocycles. The highest BCUT2D eigenvalue weighted by molar-refractivity contribution is 5.94. The summed E-state index contributed by atoms with van der Waals surface area (Å²) in [4.78, 5) is 37.9. The first-order chi connectivity index (χ1) is 10.5. The van der Waals surface area contributed by atoms with Crippen molar-refractivity contribution >= 4 is 5.97 Å². The number of cyclic esters (lactones) is 1. The number of rotatable bonds is 3. The van der Waals surface area contributed by atoms with Crippen LogP contribution in [0, 0.1) is 0 Å². The number of aromatic amines is 1. The number of ether oxygens (including phenoxy) is 1. The number of hydrogen-bond donors (Lipinski definition) is 2. The third-order valence-electron chi connectivity index (χ3n) is 3.60. The van der Waals surface area contributed by atoms with Crippen molar-refractivity contribution in [3.05, 3.63) is 61.8 Å². The number of carbonyl (C=O) groups is 1. The van der Waals surface area contributed by atoms with Gasteiger partial charge in [0.15, 0.2) is 6.10 Å². The van der Waals surface area contributed by atoms with Crippen LogP contribution >= 0.6 is 0 Å². The smallest absolute Gasteiger partial charge is 0.339 e. The number of hydrogen-bond acceptors (Lipinski definition) is 5. The zero-order chi connectivity index (χ0) is 15.9. The lowest BCUT2D eigenvalue weighted by Gasteiger charge is -2.15. The van der Waals surface area contributed by atoms with Crippen molar-refractivity contribution in [2.24, 2.45) is 0 Å². The minimum atomic E-state index is -1.02. The topological polar surface area (TPSA) is 101 Å². The summed E-state index contributed by atoms with van der Waals surface area (Å²) in [5.41, 5.74) is -0.740. The van der Waals surface area contributed by atoms with E-state index in [9.17, 15) is 19.5 Å². The maximum absolute atomic E-state index is 12.1. The van der Waals surface area contributed by atoms with Crippen LogP contribution in [0.15, 0.2) is 33.9 Å². The quantitative estimate of drug-likeness (QED) is 0.821. The minimum Gasteiger partial charge on any atom is -0.494 e. The van der Waals surface area contributed by atoms with E-state index in [0.717, 1.165) is 4.57 Å². The van der Waals surface area contributed by atoms with Gasteiger partial charge in [-0.1, -0.05) is 25.1 Å². The number of aromatic nitrogens is 2. The standard InChI is InChI=1S/C15H14N2O5/c1-2-7-17-13(19)10(12(18)16-15(17)21)11-8-5-3-4-6-9(8)14(20)22-11/h3-6,11,19H,2,7H2,1H3,(H,16,18,21)/t11-/m1/s1. The number of aromatic hydroxyl groups is 1. The lowest BCUT2D eigenvalue weighted by molar-refractivity contribution is 0.0448. The molecule has 114 valence electrons. The zero-order valence-electron chi connectivity index (χ0n) is 11.8. The summed E-state index contributed by atoms with van der Waals surface area (Å²) in [5.74, 6) is -1.03. The van der Waals surface area contributed by atoms with Gasteiger partial charge in [-0.2, -0.15) is 0 Å². The maximum atomic E-state index is 12.1. The van der Waals surface area contributed by atoms with Gasteiger partial charge in [0.1, 0.15) is 5.56 Å². The van der Waals surface area contributed by atoms with Crippen LogP contribution in [0.4, 0.5) is 0 Å². The van der Waals surface area contributed by atoms with E-state index in [0.29, 0.717) is 17.5 Å². The summed E-state index contributed by atoms with van der Waals surface area (Å²) in [7, 11) is 0. The number of H-pyrrole nitrogens is 1. The first-order valence-electron chi connectivity index (χ1n) is 6.90. The predicted molar refractivity (Wildman–Crippen MR) is 77.0 cm³/mol. The van der Waals surface area contributed by atoms with E-state index in [4.69, 9.17) is 4.74 Å². The van der Waals surface area contributed by atoms with Crippen LogP contribution in [0.3, 0.4) is 0 Å². The largest absolute Gasteiger partial charge is 0.494 e. The Morgan fingerprint density at radius 2 is 2.00 bits per heavy atom. The summed E-state index contributed by atoms with van der Waals surface area (Å²) in [6, 6.07) is 6.63. The molecule has 22 heavy (non-hydrogen) atoms. The molecule has 0 unspecified atom stereocenters. The van der Waals surface area contributed by atoms with Crippen LogP contribution in [-0.4, -0.2) is 20.6 Å². The molecule has 7 nitrogen and oxygen atoms in total. The molecular weight excluding hydrogens is 288 g/mol. The summed E-state index contributed by atoms with van der Waals surface area (Å²) < 4.78 is 6.28. The summed E-state index contributed by atoms with van der Waals surface area (Å²) >= 11 is 0. The molecule has 0 saturated carbocycles. The van der Waals surface area contributed by atoms with Crippen LogP contribution in [0.5, 0.6) is 5.88 Å². The second kappa shape index (κ2) is 5.18. The summed E-state index contributed by atoms with van der Waals surface area (Å²) in [6.45, 7) is 2.08. The third kappa shape index (κ3) is 2.02. The lowest BCUT2D eigenvalue weighted by Crippen LogP contribution is -2.33. The van der Waals surface area contributed by atoms with Gasteiger partial charge < -0.3 is 9.84 Å². The fraction of sp³-hybridized carbons (Fsp3) is 0.267. The molecule has 2 heterocycles. The molecule has 0 spiro atoms. The fourth-order valence-electron chi connectivity index (χ4n) is 2.60. The van der Waals surface area contributed by atoms with Crippen LogP contribution in [0.25, 0.3) is 0 Å². The molecule has 0 saturated heterocycles. The minimum absolute atomic E-state index is 0.133. The van der Waals surface area contributed by atoms with Crippen LogP contribution in [-0.2, 0) is 11.3 Å². The Kier molecular flexibility index (Phi) is 3.32. The Morgan fingerprint density at radius 1 is 1.27 bits per heavy atom. The molecule has 2 aromatic rings. The van der Waals surface area contributed by atoms with Gasteiger partial charge in [-0.15, -0.1) is 0 Å². The summed E-state index contributed by atoms with van der Waals surface area (Å²) in [6.07, 6.45) is -0.420. The van der Waals surface area contributed by atoms with Gasteiger partial charge in [-0.25, -0.2) is 9.59 Å². The van der Waals surface area contributed by atoms with Gasteiger partial charge in [0.25, 0.3) is 5.56 Å². The van der Waals surface area contributed by atoms with Gasteiger partial charge in [0.05, 0.1) is 5.56 Å². The van der Waals surface area contributed by atoms with Gasteiger partial charge in [0.2, 0.25) is 5.88 Å². The van der Waals surface area contributed by atoms with Crippen LogP contribution < -0.4 is 11.2 Å². The Morgan fingerprint density at radius 3 is 2.73 bits per heavy atom. The first kappa shape index (κ1) is 14.1. The van der Waals surface area contributed by atoms with Gasteiger partial charge in [0, 0.05) is 12.1 Å². The third-order valence-corrected chi connectivity index (χ3v) is 3.60. The highest BCUT2D eigenvalue weighted by Crippen LogP contribution is 2.36. The molecule has 7 heteroatoms. The van der Waals surface area contributed by atoms with E-state index >= 15 is 0 Å². The number of nitrogens with one attached hydrogen (secondary N) is 1. The molecule has 2 N–H and O–H groups in total. The predicted octanol–water partition coefficient (Wildman–Crippen LogP) is 0.912. The van der Waals surface area contributed by atoms with E-state index < -0.39 is 29.2 Å². The SMILES string of the molecule is CCCn1c(O)c([C@@H]2OC(=O)c3ccccc32)c(=O)[nH]c1=O. The van der Waals surface area contributed by atoms with E-state index in [1.165, 1.54) is 0 Å². The zero-order valence-corrected chi connectivity index (χ0v) is 11.8. The molecule has 0 aliphatic carbocycles. The van der Waals surface area contributed by atoms with Crippen molar-refractivity contribution < 1.29 is 14.6 Å². The van der Waals surface area contributed by atoms with Gasteiger partial charge in [-0.3, -0.25) is 14.3 Å². The number of carbonyl (C=O) groups excluding carboxylic acids is 1. The van der Waals surface area contributed by atoms with Crippen molar-refractivity contribution in [2.45, 2.75) is 26.0 Å². The van der Waals surface area contributed by atoms with Crippen LogP contribution in [0.1, 0.15) is 40.9 Å². The number of benzene rings is 1. The van der Waals surface area contributed by atoms with Crippen LogP contribution in [0.2, 0.25) is 0 Å². The molecular formula is C15H14N2O5. The summed E-state index contributed by atoms with van der Waals surface area (Å²) in [5, 5.41) is 10.3. The van der Waals surface area contributed by atoms with Crippen molar-refractivity contribution in [3.63, 3.8) is 0 Å². The average molecular weight is 302 g/mol. The molecule has 1 aromatic carbocycles. The second-order valence-electron chi connectivity index (χ2n) is 5.02. The Balaban J connectivity index is 2.22. The molecule has 0 amide bonds. The van der Waals surface area contributed by atoms with Crippen molar-refractivity contribution in [1.82, 2.24) is 9.55 Å². The number of fused-ring (bicyclic) bond motifs is 1. The molecule has 3 rings (SSSR count). The van der Waals surface area contributed by atoms with Crippen molar-refractivity contribution in [1.29, 1.82) is 0 Å². The highest BCUT2D eigenvalue weighted by Gasteiger charge is 2.36. The maximum Gasteiger partial charge on any atom is 0.339 e. The van der Waals surface area contributed by atoms with E-state index in [2.05, 4.69) is 4.98 Å².